The molecule has 1 aromatic carbocycles. The largest absolute Gasteiger partial charge is 0.273 e. The molecule has 3 aliphatic rings. The van der Waals surface area contributed by atoms with Gasteiger partial charge in [0.05, 0.1) is 10.3 Å². The first-order valence-corrected chi connectivity index (χ1v) is 9.79. The Morgan fingerprint density at radius 2 is 1.78 bits per heavy atom. The number of benzene rings is 1. The maximum atomic E-state index is 13.2. The number of aryl methyl sites for hydroxylation is 1. The third-order valence-electron chi connectivity index (χ3n) is 6.93. The van der Waals surface area contributed by atoms with Crippen molar-refractivity contribution in [3.8, 4) is 0 Å². The van der Waals surface area contributed by atoms with Gasteiger partial charge in [-0.05, 0) is 55.6 Å². The first-order valence-electron chi connectivity index (χ1n) is 8.35. The van der Waals surface area contributed by atoms with Gasteiger partial charge in [-0.1, -0.05) is 31.5 Å². The van der Waals surface area contributed by atoms with Crippen molar-refractivity contribution in [2.24, 2.45) is 22.7 Å². The van der Waals surface area contributed by atoms with Gasteiger partial charge in [0.15, 0.2) is 0 Å². The fourth-order valence-electron chi connectivity index (χ4n) is 5.47. The molecule has 5 heteroatoms. The molecule has 1 aromatic rings. The van der Waals surface area contributed by atoms with Crippen LogP contribution in [-0.2, 0) is 14.8 Å². The zero-order valence-corrected chi connectivity index (χ0v) is 14.7. The van der Waals surface area contributed by atoms with Crippen LogP contribution in [-0.4, -0.2) is 25.2 Å². The normalized spacial score (nSPS) is 34.9. The van der Waals surface area contributed by atoms with Crippen molar-refractivity contribution in [1.82, 2.24) is 4.31 Å². The number of nitrogens with zero attached hydrogens (tertiary/aromatic N) is 1. The summed E-state index contributed by atoms with van der Waals surface area (Å²) in [4.78, 5) is 13.4. The van der Waals surface area contributed by atoms with Gasteiger partial charge in [-0.2, -0.15) is 0 Å². The van der Waals surface area contributed by atoms with Gasteiger partial charge >= 0.3 is 0 Å². The second-order valence-corrected chi connectivity index (χ2v) is 9.88. The Hall–Kier alpha value is -1.36. The van der Waals surface area contributed by atoms with Gasteiger partial charge in [0.25, 0.3) is 10.0 Å². The number of hydrogen-bond donors (Lipinski definition) is 0. The van der Waals surface area contributed by atoms with E-state index in [2.05, 4.69) is 13.8 Å². The molecular formula is C18H23NO3S. The summed E-state index contributed by atoms with van der Waals surface area (Å²) in [6.45, 7) is 6.59. The van der Waals surface area contributed by atoms with Crippen molar-refractivity contribution < 1.29 is 13.2 Å². The predicted molar refractivity (Wildman–Crippen MR) is 87.1 cm³/mol. The zero-order valence-electron chi connectivity index (χ0n) is 13.9. The lowest BCUT2D eigenvalue weighted by Crippen LogP contribution is -2.43. The molecule has 2 saturated carbocycles. The minimum atomic E-state index is -3.74. The Bertz CT molecular complexity index is 781. The van der Waals surface area contributed by atoms with Crippen molar-refractivity contribution in [2.75, 3.05) is 6.54 Å². The van der Waals surface area contributed by atoms with Crippen molar-refractivity contribution in [3.63, 3.8) is 0 Å². The molecule has 1 amide bonds. The van der Waals surface area contributed by atoms with E-state index in [0.29, 0.717) is 12.5 Å². The molecule has 0 radical (unpaired) electrons. The maximum Gasteiger partial charge on any atom is 0.266 e. The summed E-state index contributed by atoms with van der Waals surface area (Å²) >= 11 is 0. The number of amides is 1. The van der Waals surface area contributed by atoms with Gasteiger partial charge in [0, 0.05) is 6.54 Å². The molecular weight excluding hydrogens is 310 g/mol. The Balaban J connectivity index is 1.76. The van der Waals surface area contributed by atoms with Crippen molar-refractivity contribution in [2.45, 2.75) is 44.9 Å². The van der Waals surface area contributed by atoms with E-state index < -0.39 is 15.4 Å². The van der Waals surface area contributed by atoms with E-state index in [9.17, 15) is 13.2 Å². The summed E-state index contributed by atoms with van der Waals surface area (Å²) < 4.78 is 27.1. The van der Waals surface area contributed by atoms with Crippen LogP contribution in [0, 0.1) is 29.6 Å². The summed E-state index contributed by atoms with van der Waals surface area (Å²) in [6, 6.07) is 6.77. The molecule has 1 aliphatic heterocycles. The lowest BCUT2D eigenvalue weighted by atomic mass is 9.66. The second kappa shape index (κ2) is 4.38. The summed E-state index contributed by atoms with van der Waals surface area (Å²) in [5.74, 6) is 0.581. The number of fused-ring (bicyclic) bond motifs is 1. The Labute approximate surface area is 137 Å². The van der Waals surface area contributed by atoms with Crippen LogP contribution in [0.5, 0.6) is 0 Å². The van der Waals surface area contributed by atoms with Gasteiger partial charge in [0.1, 0.15) is 0 Å². The third kappa shape index (κ3) is 1.66. The van der Waals surface area contributed by atoms with Crippen molar-refractivity contribution >= 4 is 15.9 Å². The standard InChI is InChI=1S/C18H23NO3S/c1-12-4-6-15(7-5-12)23(21,22)19-11-14-10-13-8-9-18(14,16(19)20)17(13,2)3/h4-7,13-14H,8-11H2,1-3H3. The minimum absolute atomic E-state index is 0.0910. The monoisotopic (exact) mass is 333 g/mol. The molecule has 3 unspecified atom stereocenters. The average molecular weight is 333 g/mol. The molecule has 1 spiro atoms. The van der Waals surface area contributed by atoms with Gasteiger partial charge < -0.3 is 0 Å². The third-order valence-corrected chi connectivity index (χ3v) is 8.69. The van der Waals surface area contributed by atoms with Gasteiger partial charge in [-0.15, -0.1) is 0 Å². The van der Waals surface area contributed by atoms with E-state index in [1.807, 2.05) is 6.92 Å². The molecule has 4 nitrogen and oxygen atoms in total. The Kier molecular flexibility index (Phi) is 2.89. The van der Waals surface area contributed by atoms with E-state index in [-0.39, 0.29) is 22.1 Å². The fourth-order valence-corrected chi connectivity index (χ4v) is 6.97. The van der Waals surface area contributed by atoms with E-state index >= 15 is 0 Å². The minimum Gasteiger partial charge on any atom is -0.273 e. The molecule has 1 heterocycles. The SMILES string of the molecule is Cc1ccc(S(=O)(=O)N2CC3CC4CCC3(C2=O)C4(C)C)cc1. The number of carbonyl (C=O) groups is 1. The van der Waals surface area contributed by atoms with Crippen molar-refractivity contribution in [1.29, 1.82) is 0 Å². The highest BCUT2D eigenvalue weighted by Gasteiger charge is 2.72. The molecule has 3 atom stereocenters. The summed E-state index contributed by atoms with van der Waals surface area (Å²) in [5.41, 5.74) is 0.453. The van der Waals surface area contributed by atoms with Crippen LogP contribution in [0.4, 0.5) is 0 Å². The summed E-state index contributed by atoms with van der Waals surface area (Å²) in [7, 11) is -3.74. The van der Waals surface area contributed by atoms with E-state index in [1.165, 1.54) is 4.31 Å². The lowest BCUT2D eigenvalue weighted by Gasteiger charge is -2.35. The van der Waals surface area contributed by atoms with Crippen LogP contribution >= 0.6 is 0 Å². The van der Waals surface area contributed by atoms with Crippen LogP contribution in [0.2, 0.25) is 0 Å². The van der Waals surface area contributed by atoms with Gasteiger partial charge in [-0.25, -0.2) is 12.7 Å². The summed E-state index contributed by atoms with van der Waals surface area (Å²) in [5, 5.41) is 0. The van der Waals surface area contributed by atoms with Crippen molar-refractivity contribution in [3.05, 3.63) is 29.8 Å². The van der Waals surface area contributed by atoms with E-state index in [1.54, 1.807) is 24.3 Å². The van der Waals surface area contributed by atoms with E-state index in [4.69, 9.17) is 0 Å². The molecule has 0 aromatic heterocycles. The number of rotatable bonds is 2. The highest BCUT2D eigenvalue weighted by molar-refractivity contribution is 7.89. The Morgan fingerprint density at radius 3 is 2.35 bits per heavy atom. The highest BCUT2D eigenvalue weighted by Crippen LogP contribution is 2.71. The fraction of sp³-hybridized carbons (Fsp3) is 0.611. The molecule has 0 N–H and O–H groups in total. The number of hydrogen-bond acceptors (Lipinski definition) is 3. The van der Waals surface area contributed by atoms with Crippen LogP contribution in [0.3, 0.4) is 0 Å². The maximum absolute atomic E-state index is 13.2. The number of carbonyl (C=O) groups excluding carboxylic acids is 1. The number of sulfonamides is 1. The van der Waals surface area contributed by atoms with Crippen LogP contribution in [0.25, 0.3) is 0 Å². The smallest absolute Gasteiger partial charge is 0.266 e. The molecule has 124 valence electrons. The van der Waals surface area contributed by atoms with Crippen LogP contribution in [0.15, 0.2) is 29.2 Å². The molecule has 3 fully saturated rings. The zero-order chi connectivity index (χ0) is 16.6. The first kappa shape index (κ1) is 15.2. The van der Waals surface area contributed by atoms with Crippen LogP contribution < -0.4 is 0 Å². The lowest BCUT2D eigenvalue weighted by molar-refractivity contribution is -0.137. The van der Waals surface area contributed by atoms with Crippen LogP contribution in [0.1, 0.15) is 38.7 Å². The second-order valence-electron chi connectivity index (χ2n) is 8.02. The topological polar surface area (TPSA) is 54.5 Å². The van der Waals surface area contributed by atoms with Gasteiger partial charge in [0.2, 0.25) is 5.91 Å². The summed E-state index contributed by atoms with van der Waals surface area (Å²) in [6.07, 6.45) is 2.88. The highest BCUT2D eigenvalue weighted by atomic mass is 32.2. The van der Waals surface area contributed by atoms with Gasteiger partial charge in [-0.3, -0.25) is 4.79 Å². The predicted octanol–water partition coefficient (Wildman–Crippen LogP) is 2.97. The Morgan fingerprint density at radius 1 is 1.13 bits per heavy atom. The molecule has 4 rings (SSSR count). The molecule has 2 aliphatic carbocycles. The average Bonchev–Trinajstić information content (AvgIpc) is 3.03. The quantitative estimate of drug-likeness (QED) is 0.836. The molecule has 23 heavy (non-hydrogen) atoms. The molecule has 2 bridgehead atoms. The van der Waals surface area contributed by atoms with E-state index in [0.717, 1.165) is 24.8 Å². The first-order chi connectivity index (χ1) is 10.7. The molecule has 1 saturated heterocycles.